The summed E-state index contributed by atoms with van der Waals surface area (Å²) >= 11 is 3.33. The van der Waals surface area contributed by atoms with Crippen molar-refractivity contribution in [3.8, 4) is 11.5 Å². The Labute approximate surface area is 269 Å². The molecule has 0 aliphatic heterocycles. The average Bonchev–Trinajstić information content (AvgIpc) is 3.01. The molecule has 0 unspecified atom stereocenters. The molecule has 9 nitrogen and oxygen atoms in total. The number of para-hydroxylation sites is 2. The number of anilines is 1. The predicted octanol–water partition coefficient (Wildman–Crippen LogP) is 7.04. The van der Waals surface area contributed by atoms with Crippen molar-refractivity contribution in [1.82, 2.24) is 5.43 Å². The standard InChI is InChI=1S/C35H30BrN3O6/c1-35(2,3)34(43)38-28-19-14-24(15-20-28)32(41)39-37-22-26-9-5-7-11-30(26)44-31(40)21-16-23-8-4-6-10-29(23)45-33(42)25-12-17-27(36)18-13-25/h4-22H,1-3H3,(H,38,43)(H,39,41)/b21-16+,37-22+. The summed E-state index contributed by atoms with van der Waals surface area (Å²) in [6.45, 7) is 5.43. The maximum atomic E-state index is 12.7. The molecule has 4 aromatic rings. The van der Waals surface area contributed by atoms with Gasteiger partial charge in [-0.2, -0.15) is 5.10 Å². The zero-order valence-electron chi connectivity index (χ0n) is 24.7. The van der Waals surface area contributed by atoms with Crippen molar-refractivity contribution in [3.05, 3.63) is 130 Å². The number of esters is 2. The molecule has 0 saturated heterocycles. The third-order valence-corrected chi connectivity index (χ3v) is 6.71. The predicted molar refractivity (Wildman–Crippen MR) is 176 cm³/mol. The maximum Gasteiger partial charge on any atom is 0.343 e. The molecule has 4 aromatic carbocycles. The molecule has 0 heterocycles. The number of hydrogen-bond acceptors (Lipinski definition) is 7. The van der Waals surface area contributed by atoms with E-state index in [4.69, 9.17) is 9.47 Å². The van der Waals surface area contributed by atoms with Gasteiger partial charge < -0.3 is 14.8 Å². The smallest absolute Gasteiger partial charge is 0.343 e. The Morgan fingerprint density at radius 2 is 1.31 bits per heavy atom. The minimum atomic E-state index is -0.674. The molecular weight excluding hydrogens is 638 g/mol. The first-order valence-electron chi connectivity index (χ1n) is 13.8. The van der Waals surface area contributed by atoms with Gasteiger partial charge in [0.25, 0.3) is 5.91 Å². The molecule has 2 amide bonds. The molecule has 0 aromatic heterocycles. The van der Waals surface area contributed by atoms with Crippen LogP contribution in [0.15, 0.2) is 113 Å². The van der Waals surface area contributed by atoms with Crippen LogP contribution in [0.2, 0.25) is 0 Å². The second-order valence-electron chi connectivity index (χ2n) is 10.7. The highest BCUT2D eigenvalue weighted by atomic mass is 79.9. The molecule has 0 atom stereocenters. The third kappa shape index (κ3) is 9.57. The molecule has 2 N–H and O–H groups in total. The van der Waals surface area contributed by atoms with E-state index >= 15 is 0 Å². The number of ether oxygens (including phenoxy) is 2. The van der Waals surface area contributed by atoms with Crippen LogP contribution in [0.25, 0.3) is 6.08 Å². The second-order valence-corrected chi connectivity index (χ2v) is 11.6. The van der Waals surface area contributed by atoms with Gasteiger partial charge in [-0.3, -0.25) is 9.59 Å². The van der Waals surface area contributed by atoms with E-state index in [1.54, 1.807) is 97.1 Å². The van der Waals surface area contributed by atoms with Crippen molar-refractivity contribution in [3.63, 3.8) is 0 Å². The largest absolute Gasteiger partial charge is 0.423 e. The van der Waals surface area contributed by atoms with Crippen LogP contribution in [-0.4, -0.2) is 30.0 Å². The summed E-state index contributed by atoms with van der Waals surface area (Å²) in [5.41, 5.74) is 4.14. The number of rotatable bonds is 9. The van der Waals surface area contributed by atoms with E-state index in [2.05, 4.69) is 31.8 Å². The maximum absolute atomic E-state index is 12.7. The van der Waals surface area contributed by atoms with Gasteiger partial charge in [0, 0.05) is 38.3 Å². The lowest BCUT2D eigenvalue weighted by Crippen LogP contribution is -2.27. The van der Waals surface area contributed by atoms with E-state index in [0.29, 0.717) is 27.9 Å². The summed E-state index contributed by atoms with van der Waals surface area (Å²) in [7, 11) is 0. The number of halogens is 1. The highest BCUT2D eigenvalue weighted by Crippen LogP contribution is 2.23. The van der Waals surface area contributed by atoms with Crippen molar-refractivity contribution in [2.45, 2.75) is 20.8 Å². The lowest BCUT2D eigenvalue weighted by Gasteiger charge is -2.17. The van der Waals surface area contributed by atoms with Crippen LogP contribution >= 0.6 is 15.9 Å². The number of carbonyl (C=O) groups excluding carboxylic acids is 4. The Hall–Kier alpha value is -5.35. The highest BCUT2D eigenvalue weighted by molar-refractivity contribution is 9.10. The number of nitrogens with zero attached hydrogens (tertiary/aromatic N) is 1. The third-order valence-electron chi connectivity index (χ3n) is 6.19. The topological polar surface area (TPSA) is 123 Å². The van der Waals surface area contributed by atoms with Crippen LogP contribution < -0.4 is 20.2 Å². The first-order valence-corrected chi connectivity index (χ1v) is 14.6. The SMILES string of the molecule is CC(C)(C)C(=O)Nc1ccc(C(=O)N/N=C/c2ccccc2OC(=O)/C=C/c2ccccc2OC(=O)c2ccc(Br)cc2)cc1. The number of nitrogens with one attached hydrogen (secondary N) is 2. The lowest BCUT2D eigenvalue weighted by atomic mass is 9.95. The quantitative estimate of drug-likeness (QED) is 0.0649. The van der Waals surface area contributed by atoms with E-state index in [-0.39, 0.29) is 17.4 Å². The van der Waals surface area contributed by atoms with Gasteiger partial charge in [0.1, 0.15) is 11.5 Å². The van der Waals surface area contributed by atoms with Crippen molar-refractivity contribution >= 4 is 57.7 Å². The van der Waals surface area contributed by atoms with Crippen molar-refractivity contribution < 1.29 is 28.7 Å². The van der Waals surface area contributed by atoms with Crippen LogP contribution in [0.1, 0.15) is 52.6 Å². The zero-order valence-corrected chi connectivity index (χ0v) is 26.3. The summed E-state index contributed by atoms with van der Waals surface area (Å²) < 4.78 is 11.9. The van der Waals surface area contributed by atoms with Gasteiger partial charge in [-0.15, -0.1) is 0 Å². The Morgan fingerprint density at radius 3 is 1.96 bits per heavy atom. The molecule has 10 heteroatoms. The molecule has 0 aliphatic carbocycles. The Bertz CT molecular complexity index is 1760. The number of carbonyl (C=O) groups is 4. The fourth-order valence-electron chi connectivity index (χ4n) is 3.68. The Balaban J connectivity index is 1.36. The Kier molecular flexibility index (Phi) is 10.8. The minimum absolute atomic E-state index is 0.137. The molecule has 0 fully saturated rings. The summed E-state index contributed by atoms with van der Waals surface area (Å²) in [6.07, 6.45) is 4.07. The molecule has 0 spiro atoms. The molecule has 45 heavy (non-hydrogen) atoms. The molecule has 0 radical (unpaired) electrons. The van der Waals surface area contributed by atoms with E-state index in [1.807, 2.05) is 20.8 Å². The molecule has 228 valence electrons. The van der Waals surface area contributed by atoms with E-state index in [9.17, 15) is 19.2 Å². The summed E-state index contributed by atoms with van der Waals surface area (Å²) in [5, 5.41) is 6.80. The number of hydrazone groups is 1. The van der Waals surface area contributed by atoms with E-state index in [1.165, 1.54) is 18.4 Å². The Morgan fingerprint density at radius 1 is 0.733 bits per heavy atom. The van der Waals surface area contributed by atoms with Crippen LogP contribution in [-0.2, 0) is 9.59 Å². The zero-order chi connectivity index (χ0) is 32.4. The van der Waals surface area contributed by atoms with Crippen LogP contribution in [0, 0.1) is 5.41 Å². The average molecular weight is 669 g/mol. The lowest BCUT2D eigenvalue weighted by molar-refractivity contribution is -0.129. The molecule has 0 aliphatic rings. The van der Waals surface area contributed by atoms with Gasteiger partial charge in [-0.25, -0.2) is 15.0 Å². The van der Waals surface area contributed by atoms with E-state index < -0.39 is 23.3 Å². The van der Waals surface area contributed by atoms with Gasteiger partial charge in [0.05, 0.1) is 11.8 Å². The van der Waals surface area contributed by atoms with Gasteiger partial charge >= 0.3 is 11.9 Å². The summed E-state index contributed by atoms with van der Waals surface area (Å²) in [6, 6.07) is 26.7. The van der Waals surface area contributed by atoms with Crippen molar-refractivity contribution in [1.29, 1.82) is 0 Å². The number of benzene rings is 4. The number of amides is 2. The second kappa shape index (κ2) is 14.9. The molecular formula is C35H30BrN3O6. The first-order chi connectivity index (χ1) is 21.5. The van der Waals surface area contributed by atoms with Crippen LogP contribution in [0.4, 0.5) is 5.69 Å². The van der Waals surface area contributed by atoms with Crippen LogP contribution in [0.3, 0.4) is 0 Å². The van der Waals surface area contributed by atoms with Crippen LogP contribution in [0.5, 0.6) is 11.5 Å². The van der Waals surface area contributed by atoms with Gasteiger partial charge in [0.2, 0.25) is 5.91 Å². The number of hydrogen-bond donors (Lipinski definition) is 2. The normalized spacial score (nSPS) is 11.3. The first kappa shape index (κ1) is 32.6. The van der Waals surface area contributed by atoms with Crippen molar-refractivity contribution in [2.75, 3.05) is 5.32 Å². The highest BCUT2D eigenvalue weighted by Gasteiger charge is 2.21. The fourth-order valence-corrected chi connectivity index (χ4v) is 3.95. The molecule has 4 rings (SSSR count). The summed E-state index contributed by atoms with van der Waals surface area (Å²) in [5.74, 6) is -1.31. The van der Waals surface area contributed by atoms with Gasteiger partial charge in [-0.1, -0.05) is 67.0 Å². The van der Waals surface area contributed by atoms with E-state index in [0.717, 1.165) is 4.47 Å². The monoisotopic (exact) mass is 667 g/mol. The minimum Gasteiger partial charge on any atom is -0.423 e. The van der Waals surface area contributed by atoms with Gasteiger partial charge in [-0.05, 0) is 72.8 Å². The molecule has 0 bridgehead atoms. The summed E-state index contributed by atoms with van der Waals surface area (Å²) in [4.78, 5) is 50.0. The van der Waals surface area contributed by atoms with Crippen molar-refractivity contribution in [2.24, 2.45) is 10.5 Å². The molecule has 0 saturated carbocycles. The fraction of sp³-hybridized carbons (Fsp3) is 0.114. The van der Waals surface area contributed by atoms with Gasteiger partial charge in [0.15, 0.2) is 0 Å².